The van der Waals surface area contributed by atoms with Gasteiger partial charge in [0.05, 0.1) is 32.2 Å². The topological polar surface area (TPSA) is 63.5 Å². The largest absolute Gasteiger partial charge is 0.497 e. The quantitative estimate of drug-likeness (QED) is 0.373. The molecule has 4 rings (SSSR count). The van der Waals surface area contributed by atoms with Gasteiger partial charge in [0.1, 0.15) is 11.5 Å². The normalized spacial score (nSPS) is 17.6. The molecule has 3 aromatic carbocycles. The Hall–Kier alpha value is -3.32. The number of ether oxygens (including phenoxy) is 2. The van der Waals surface area contributed by atoms with Gasteiger partial charge in [-0.3, -0.25) is 9.69 Å². The standard InChI is InChI=1S/C25H25N3O3S/c1-4-23-24(29)28(16-19-10-7-9-17-8-5-6-11-21(17)19)25(32-23)27-26-15-18-12-13-20(30-2)14-22(18)31-3/h5-15,23H,4,16H2,1-3H3/b26-15+,27-25-. The minimum Gasteiger partial charge on any atom is -0.497 e. The molecule has 1 atom stereocenters. The van der Waals surface area contributed by atoms with Crippen LogP contribution in [0.2, 0.25) is 0 Å². The number of nitrogens with zero attached hydrogens (tertiary/aromatic N) is 3. The molecule has 1 aliphatic rings. The van der Waals surface area contributed by atoms with E-state index in [1.54, 1.807) is 31.4 Å². The lowest BCUT2D eigenvalue weighted by molar-refractivity contribution is -0.126. The molecule has 1 heterocycles. The minimum atomic E-state index is -0.144. The number of hydrogen-bond acceptors (Lipinski definition) is 6. The first-order valence-corrected chi connectivity index (χ1v) is 11.3. The predicted molar refractivity (Wildman–Crippen MR) is 131 cm³/mol. The second-order valence-corrected chi connectivity index (χ2v) is 8.48. The lowest BCUT2D eigenvalue weighted by Crippen LogP contribution is -2.31. The van der Waals surface area contributed by atoms with Crippen molar-refractivity contribution in [3.63, 3.8) is 0 Å². The van der Waals surface area contributed by atoms with E-state index in [0.29, 0.717) is 23.2 Å². The summed E-state index contributed by atoms with van der Waals surface area (Å²) < 4.78 is 10.6. The number of rotatable bonds is 7. The number of carbonyl (C=O) groups excluding carboxylic acids is 1. The number of amidine groups is 1. The summed E-state index contributed by atoms with van der Waals surface area (Å²) in [5, 5.41) is 11.4. The maximum absolute atomic E-state index is 13.0. The molecule has 3 aromatic rings. The molecule has 1 aliphatic heterocycles. The average Bonchev–Trinajstić information content (AvgIpc) is 3.13. The lowest BCUT2D eigenvalue weighted by atomic mass is 10.0. The van der Waals surface area contributed by atoms with E-state index in [1.165, 1.54) is 11.8 Å². The average molecular weight is 448 g/mol. The zero-order valence-corrected chi connectivity index (χ0v) is 19.1. The number of hydrogen-bond donors (Lipinski definition) is 0. The molecule has 164 valence electrons. The zero-order valence-electron chi connectivity index (χ0n) is 18.3. The van der Waals surface area contributed by atoms with E-state index in [2.05, 4.69) is 34.5 Å². The summed E-state index contributed by atoms with van der Waals surface area (Å²) >= 11 is 1.46. The van der Waals surface area contributed by atoms with Gasteiger partial charge in [-0.25, -0.2) is 0 Å². The van der Waals surface area contributed by atoms with Crippen LogP contribution in [0.1, 0.15) is 24.5 Å². The molecule has 0 N–H and O–H groups in total. The highest BCUT2D eigenvalue weighted by atomic mass is 32.2. The number of thioether (sulfide) groups is 1. The van der Waals surface area contributed by atoms with Gasteiger partial charge in [0.15, 0.2) is 5.17 Å². The highest BCUT2D eigenvalue weighted by Crippen LogP contribution is 2.32. The van der Waals surface area contributed by atoms with Gasteiger partial charge in [0, 0.05) is 11.6 Å². The summed E-state index contributed by atoms with van der Waals surface area (Å²) in [4.78, 5) is 14.8. The third kappa shape index (κ3) is 4.48. The van der Waals surface area contributed by atoms with Crippen LogP contribution in [0, 0.1) is 0 Å². The van der Waals surface area contributed by atoms with Crippen LogP contribution in [-0.4, -0.2) is 41.7 Å². The van der Waals surface area contributed by atoms with Crippen LogP contribution in [0.3, 0.4) is 0 Å². The van der Waals surface area contributed by atoms with E-state index in [1.807, 2.05) is 37.3 Å². The van der Waals surface area contributed by atoms with Gasteiger partial charge in [-0.05, 0) is 34.9 Å². The fourth-order valence-electron chi connectivity index (χ4n) is 3.66. The molecular weight excluding hydrogens is 422 g/mol. The second kappa shape index (κ2) is 9.87. The monoisotopic (exact) mass is 447 g/mol. The van der Waals surface area contributed by atoms with E-state index in [9.17, 15) is 4.79 Å². The summed E-state index contributed by atoms with van der Waals surface area (Å²) in [5.41, 5.74) is 1.86. The van der Waals surface area contributed by atoms with E-state index >= 15 is 0 Å². The van der Waals surface area contributed by atoms with Crippen LogP contribution >= 0.6 is 11.8 Å². The Morgan fingerprint density at radius 2 is 1.88 bits per heavy atom. The number of benzene rings is 3. The van der Waals surface area contributed by atoms with Gasteiger partial charge >= 0.3 is 0 Å². The van der Waals surface area contributed by atoms with Gasteiger partial charge < -0.3 is 9.47 Å². The summed E-state index contributed by atoms with van der Waals surface area (Å²) in [6.45, 7) is 2.48. The zero-order chi connectivity index (χ0) is 22.5. The summed E-state index contributed by atoms with van der Waals surface area (Å²) in [6, 6.07) is 19.8. The first-order valence-electron chi connectivity index (χ1n) is 10.4. The molecule has 0 saturated carbocycles. The molecule has 7 heteroatoms. The van der Waals surface area contributed by atoms with Crippen LogP contribution in [0.25, 0.3) is 10.8 Å². The Morgan fingerprint density at radius 1 is 1.06 bits per heavy atom. The minimum absolute atomic E-state index is 0.0708. The van der Waals surface area contributed by atoms with Crippen molar-refractivity contribution in [3.05, 3.63) is 71.8 Å². The Balaban J connectivity index is 1.62. The van der Waals surface area contributed by atoms with Crippen molar-refractivity contribution in [2.75, 3.05) is 14.2 Å². The van der Waals surface area contributed by atoms with Crippen molar-refractivity contribution in [1.29, 1.82) is 0 Å². The molecule has 0 aliphatic carbocycles. The van der Waals surface area contributed by atoms with Crippen LogP contribution < -0.4 is 9.47 Å². The fourth-order valence-corrected chi connectivity index (χ4v) is 4.68. The Bertz CT molecular complexity index is 1190. The predicted octanol–water partition coefficient (Wildman–Crippen LogP) is 5.10. The third-order valence-corrected chi connectivity index (χ3v) is 6.71. The second-order valence-electron chi connectivity index (χ2n) is 7.31. The van der Waals surface area contributed by atoms with Crippen molar-refractivity contribution < 1.29 is 14.3 Å². The van der Waals surface area contributed by atoms with E-state index in [4.69, 9.17) is 9.47 Å². The number of carbonyl (C=O) groups is 1. The van der Waals surface area contributed by atoms with Gasteiger partial charge in [-0.15, -0.1) is 5.10 Å². The van der Waals surface area contributed by atoms with Crippen molar-refractivity contribution in [2.24, 2.45) is 10.2 Å². The molecule has 1 amide bonds. The summed E-state index contributed by atoms with van der Waals surface area (Å²) in [7, 11) is 3.21. The summed E-state index contributed by atoms with van der Waals surface area (Å²) in [6.07, 6.45) is 2.37. The molecular formula is C25H25N3O3S. The van der Waals surface area contributed by atoms with Crippen molar-refractivity contribution in [3.8, 4) is 11.5 Å². The van der Waals surface area contributed by atoms with Crippen molar-refractivity contribution in [1.82, 2.24) is 4.90 Å². The number of amides is 1. The molecule has 0 radical (unpaired) electrons. The fraction of sp³-hybridized carbons (Fsp3) is 0.240. The first kappa shape index (κ1) is 21.9. The van der Waals surface area contributed by atoms with Crippen LogP contribution in [0.4, 0.5) is 0 Å². The van der Waals surface area contributed by atoms with Crippen molar-refractivity contribution in [2.45, 2.75) is 25.1 Å². The smallest absolute Gasteiger partial charge is 0.242 e. The van der Waals surface area contributed by atoms with Gasteiger partial charge in [0.25, 0.3) is 0 Å². The van der Waals surface area contributed by atoms with Crippen LogP contribution in [0.15, 0.2) is 70.9 Å². The SMILES string of the molecule is CCC1S/C(=N\N=C\c2ccc(OC)cc2OC)N(Cc2cccc3ccccc23)C1=O. The Labute approximate surface area is 191 Å². The number of methoxy groups -OCH3 is 2. The lowest BCUT2D eigenvalue weighted by Gasteiger charge is -2.17. The maximum Gasteiger partial charge on any atom is 0.242 e. The Kier molecular flexibility index (Phi) is 6.75. The first-order chi connectivity index (χ1) is 15.6. The maximum atomic E-state index is 13.0. The molecule has 1 fully saturated rings. The highest BCUT2D eigenvalue weighted by Gasteiger charge is 2.37. The summed E-state index contributed by atoms with van der Waals surface area (Å²) in [5.74, 6) is 1.42. The van der Waals surface area contributed by atoms with Crippen LogP contribution in [0.5, 0.6) is 11.5 Å². The van der Waals surface area contributed by atoms with E-state index in [-0.39, 0.29) is 11.2 Å². The van der Waals surface area contributed by atoms with Crippen molar-refractivity contribution >= 4 is 39.8 Å². The van der Waals surface area contributed by atoms with Crippen LogP contribution in [-0.2, 0) is 11.3 Å². The third-order valence-electron chi connectivity index (χ3n) is 5.38. The highest BCUT2D eigenvalue weighted by molar-refractivity contribution is 8.15. The molecule has 0 spiro atoms. The van der Waals surface area contributed by atoms with E-state index in [0.717, 1.165) is 28.3 Å². The van der Waals surface area contributed by atoms with Gasteiger partial charge in [-0.2, -0.15) is 5.10 Å². The Morgan fingerprint density at radius 3 is 2.66 bits per heavy atom. The molecule has 1 unspecified atom stereocenters. The number of fused-ring (bicyclic) bond motifs is 1. The molecule has 6 nitrogen and oxygen atoms in total. The van der Waals surface area contributed by atoms with Gasteiger partial charge in [-0.1, -0.05) is 61.2 Å². The molecule has 0 aromatic heterocycles. The molecule has 32 heavy (non-hydrogen) atoms. The van der Waals surface area contributed by atoms with Gasteiger partial charge in [0.2, 0.25) is 5.91 Å². The van der Waals surface area contributed by atoms with E-state index < -0.39 is 0 Å². The molecule has 0 bridgehead atoms. The molecule has 1 saturated heterocycles.